The van der Waals surface area contributed by atoms with Gasteiger partial charge < -0.3 is 14.9 Å². The number of carbonyl (C=O) groups excluding carboxylic acids is 1. The second kappa shape index (κ2) is 22.8. The highest BCUT2D eigenvalue weighted by Gasteiger charge is 2.63. The van der Waals surface area contributed by atoms with Gasteiger partial charge in [-0.05, 0) is 143 Å². The zero-order valence-electron chi connectivity index (χ0n) is 34.8. The van der Waals surface area contributed by atoms with Crippen LogP contribution in [0.2, 0.25) is 0 Å². The van der Waals surface area contributed by atoms with E-state index < -0.39 is 5.97 Å². The van der Waals surface area contributed by atoms with Crippen LogP contribution in [-0.2, 0) is 14.3 Å². The summed E-state index contributed by atoms with van der Waals surface area (Å²) in [5.74, 6) is 2.32. The predicted octanol–water partition coefficient (Wildman–Crippen LogP) is 13.2. The molecule has 4 aliphatic rings. The van der Waals surface area contributed by atoms with E-state index in [0.717, 1.165) is 51.4 Å². The zero-order chi connectivity index (χ0) is 38.1. The van der Waals surface area contributed by atoms with E-state index in [0.29, 0.717) is 48.3 Å². The molecular weight excluding hydrogens is 657 g/mol. The SMILES string of the molecule is CCCCCCC/C=C\C/C=C\CCCCCCCCCCCC(=O)OC1CCC2(C)C(CCC3C2CC(O)C2(C)C(C(C)CCC(=O)O)CCC32)C1. The van der Waals surface area contributed by atoms with Gasteiger partial charge in [0, 0.05) is 12.8 Å². The molecule has 5 heteroatoms. The summed E-state index contributed by atoms with van der Waals surface area (Å²) in [5, 5.41) is 21.1. The van der Waals surface area contributed by atoms with E-state index in [1.807, 2.05) is 0 Å². The fourth-order valence-corrected chi connectivity index (χ4v) is 12.2. The lowest BCUT2D eigenvalue weighted by Crippen LogP contribution is -2.59. The molecule has 4 aliphatic carbocycles. The summed E-state index contributed by atoms with van der Waals surface area (Å²) in [4.78, 5) is 24.1. The van der Waals surface area contributed by atoms with Gasteiger partial charge in [0.05, 0.1) is 6.10 Å². The molecule has 10 unspecified atom stereocenters. The number of aliphatic hydroxyl groups is 1. The van der Waals surface area contributed by atoms with E-state index in [1.165, 1.54) is 109 Å². The average Bonchev–Trinajstić information content (AvgIpc) is 3.50. The fourth-order valence-electron chi connectivity index (χ4n) is 12.2. The van der Waals surface area contributed by atoms with Crippen LogP contribution in [0.1, 0.15) is 207 Å². The molecule has 4 saturated carbocycles. The number of esters is 1. The summed E-state index contributed by atoms with van der Waals surface area (Å²) >= 11 is 0. The molecule has 5 nitrogen and oxygen atoms in total. The van der Waals surface area contributed by atoms with Crippen molar-refractivity contribution in [3.63, 3.8) is 0 Å². The predicted molar refractivity (Wildman–Crippen MR) is 220 cm³/mol. The smallest absolute Gasteiger partial charge is 0.306 e. The third-order valence-electron chi connectivity index (χ3n) is 15.4. The van der Waals surface area contributed by atoms with Crippen LogP contribution in [0, 0.1) is 46.3 Å². The molecule has 0 aromatic rings. The van der Waals surface area contributed by atoms with Crippen LogP contribution in [0.15, 0.2) is 24.3 Å². The van der Waals surface area contributed by atoms with Gasteiger partial charge in [-0.2, -0.15) is 0 Å². The van der Waals surface area contributed by atoms with E-state index in [4.69, 9.17) is 4.74 Å². The third-order valence-corrected chi connectivity index (χ3v) is 15.4. The van der Waals surface area contributed by atoms with Gasteiger partial charge in [-0.3, -0.25) is 9.59 Å². The number of unbranched alkanes of at least 4 members (excludes halogenated alkanes) is 14. The van der Waals surface area contributed by atoms with Crippen LogP contribution >= 0.6 is 0 Å². The summed E-state index contributed by atoms with van der Waals surface area (Å²) < 4.78 is 6.11. The van der Waals surface area contributed by atoms with Crippen LogP contribution in [0.4, 0.5) is 0 Å². The molecule has 0 radical (unpaired) electrons. The van der Waals surface area contributed by atoms with Gasteiger partial charge in [0.25, 0.3) is 0 Å². The Kier molecular flexibility index (Phi) is 19.0. The highest BCUT2D eigenvalue weighted by atomic mass is 16.5. The number of carboxylic acids is 1. The normalized spacial score (nSPS) is 33.1. The van der Waals surface area contributed by atoms with E-state index in [-0.39, 0.29) is 35.4 Å². The van der Waals surface area contributed by atoms with E-state index in [9.17, 15) is 19.8 Å². The number of fused-ring (bicyclic) bond motifs is 5. The number of ether oxygens (including phenoxy) is 1. The maximum absolute atomic E-state index is 12.9. The van der Waals surface area contributed by atoms with Crippen molar-refractivity contribution < 1.29 is 24.5 Å². The number of allylic oxidation sites excluding steroid dienone is 4. The van der Waals surface area contributed by atoms with Gasteiger partial charge in [0.2, 0.25) is 0 Å². The van der Waals surface area contributed by atoms with Crippen molar-refractivity contribution in [2.45, 2.75) is 220 Å². The molecule has 10 atom stereocenters. The first-order chi connectivity index (χ1) is 25.6. The first-order valence-electron chi connectivity index (χ1n) is 23.0. The first-order valence-corrected chi connectivity index (χ1v) is 23.0. The fraction of sp³-hybridized carbons (Fsp3) is 0.875. The Morgan fingerprint density at radius 3 is 2.00 bits per heavy atom. The van der Waals surface area contributed by atoms with Crippen molar-refractivity contribution in [2.24, 2.45) is 46.3 Å². The lowest BCUT2D eigenvalue weighted by Gasteiger charge is -2.62. The molecule has 0 aliphatic heterocycles. The molecule has 4 rings (SSSR count). The van der Waals surface area contributed by atoms with Crippen molar-refractivity contribution >= 4 is 11.9 Å². The minimum Gasteiger partial charge on any atom is -0.481 e. The van der Waals surface area contributed by atoms with Crippen LogP contribution in [0.5, 0.6) is 0 Å². The summed E-state index contributed by atoms with van der Waals surface area (Å²) in [6.45, 7) is 9.34. The Morgan fingerprint density at radius 1 is 0.736 bits per heavy atom. The third kappa shape index (κ3) is 12.7. The Bertz CT molecular complexity index is 1130. The molecule has 0 spiro atoms. The van der Waals surface area contributed by atoms with Crippen molar-refractivity contribution in [3.05, 3.63) is 24.3 Å². The lowest BCUT2D eigenvalue weighted by molar-refractivity contribution is -0.181. The number of hydrogen-bond donors (Lipinski definition) is 2. The Balaban J connectivity index is 1.03. The molecule has 0 bridgehead atoms. The van der Waals surface area contributed by atoms with Gasteiger partial charge in [0.15, 0.2) is 0 Å². The number of aliphatic carboxylic acids is 1. The van der Waals surface area contributed by atoms with Gasteiger partial charge in [0.1, 0.15) is 6.10 Å². The largest absolute Gasteiger partial charge is 0.481 e. The molecule has 0 heterocycles. The second-order valence-corrected chi connectivity index (χ2v) is 18.9. The van der Waals surface area contributed by atoms with E-state index in [2.05, 4.69) is 52.0 Å². The minimum atomic E-state index is -0.711. The number of carboxylic acid groups (broad SMARTS) is 1. The molecule has 0 amide bonds. The number of aliphatic hydroxyl groups excluding tert-OH is 1. The van der Waals surface area contributed by atoms with Crippen molar-refractivity contribution in [2.75, 3.05) is 0 Å². The summed E-state index contributed by atoms with van der Waals surface area (Å²) in [5.41, 5.74) is 0.111. The summed E-state index contributed by atoms with van der Waals surface area (Å²) in [6, 6.07) is 0. The molecular formula is C48H82O5. The van der Waals surface area contributed by atoms with E-state index in [1.54, 1.807) is 0 Å². The average molecular weight is 739 g/mol. The standard InChI is InChI=1S/C48H82O5/c1-5-6-7-8-9-10-11-12-13-14-15-16-17-18-19-20-21-22-23-24-25-26-46(52)53-39-33-34-47(3)38(35-39)28-29-40-42-31-30-41(37(2)27-32-45(50)51)48(42,4)44(49)36-43(40)47/h11-12,14-15,37-44,49H,5-10,13,16-36H2,1-4H3,(H,50,51)/b12-11-,15-14-. The van der Waals surface area contributed by atoms with Crippen molar-refractivity contribution in [1.29, 1.82) is 0 Å². The molecule has 0 saturated heterocycles. The highest BCUT2D eigenvalue weighted by molar-refractivity contribution is 5.69. The Labute approximate surface area is 326 Å². The second-order valence-electron chi connectivity index (χ2n) is 18.9. The van der Waals surface area contributed by atoms with Gasteiger partial charge in [-0.15, -0.1) is 0 Å². The van der Waals surface area contributed by atoms with Crippen LogP contribution < -0.4 is 0 Å². The van der Waals surface area contributed by atoms with E-state index >= 15 is 0 Å². The maximum Gasteiger partial charge on any atom is 0.306 e. The monoisotopic (exact) mass is 739 g/mol. The summed E-state index contributed by atoms with van der Waals surface area (Å²) in [7, 11) is 0. The number of carbonyl (C=O) groups is 2. The molecule has 53 heavy (non-hydrogen) atoms. The van der Waals surface area contributed by atoms with Gasteiger partial charge in [-0.25, -0.2) is 0 Å². The summed E-state index contributed by atoms with van der Waals surface area (Å²) in [6.07, 6.45) is 40.9. The minimum absolute atomic E-state index is 0.00744. The highest BCUT2D eigenvalue weighted by Crippen LogP contribution is 2.68. The number of rotatable bonds is 25. The molecule has 0 aromatic carbocycles. The van der Waals surface area contributed by atoms with Crippen LogP contribution in [0.25, 0.3) is 0 Å². The van der Waals surface area contributed by atoms with Crippen molar-refractivity contribution in [3.8, 4) is 0 Å². The maximum atomic E-state index is 12.9. The molecule has 4 fully saturated rings. The van der Waals surface area contributed by atoms with Gasteiger partial charge >= 0.3 is 11.9 Å². The molecule has 304 valence electrons. The number of hydrogen-bond acceptors (Lipinski definition) is 4. The Morgan fingerprint density at radius 2 is 1.36 bits per heavy atom. The Hall–Kier alpha value is -1.62. The lowest BCUT2D eigenvalue weighted by atomic mass is 9.43. The molecule has 2 N–H and O–H groups in total. The van der Waals surface area contributed by atoms with Crippen LogP contribution in [0.3, 0.4) is 0 Å². The zero-order valence-corrected chi connectivity index (χ0v) is 34.8. The topological polar surface area (TPSA) is 83.8 Å². The van der Waals surface area contributed by atoms with Gasteiger partial charge in [-0.1, -0.05) is 123 Å². The van der Waals surface area contributed by atoms with Crippen molar-refractivity contribution in [1.82, 2.24) is 0 Å². The van der Waals surface area contributed by atoms with Crippen LogP contribution in [-0.4, -0.2) is 34.4 Å². The molecule has 0 aromatic heterocycles. The quantitative estimate of drug-likeness (QED) is 0.0553. The first kappa shape index (κ1) is 44.1.